The Balaban J connectivity index is 5.41. The van der Waals surface area contributed by atoms with Crippen LogP contribution >= 0.6 is 0 Å². The van der Waals surface area contributed by atoms with Gasteiger partial charge in [0.1, 0.15) is 11.6 Å². The molecule has 0 aromatic rings. The van der Waals surface area contributed by atoms with E-state index in [1.54, 1.807) is 27.7 Å². The van der Waals surface area contributed by atoms with E-state index < -0.39 is 47.7 Å². The third kappa shape index (κ3) is 11.4. The average molecular weight is 445 g/mol. The van der Waals surface area contributed by atoms with Gasteiger partial charge in [0.25, 0.3) is 0 Å². The van der Waals surface area contributed by atoms with Gasteiger partial charge in [-0.2, -0.15) is 0 Å². The van der Waals surface area contributed by atoms with E-state index in [4.69, 9.17) is 4.74 Å². The zero-order valence-electron chi connectivity index (χ0n) is 20.7. The molecule has 0 aliphatic carbocycles. The third-order valence-corrected chi connectivity index (χ3v) is 5.31. The number of carboxylic acid groups (broad SMARTS) is 1. The molecule has 8 heteroatoms. The zero-order valence-corrected chi connectivity index (χ0v) is 20.7. The number of alkyl carbamates (subject to hydrolysis) is 1. The molecule has 182 valence electrons. The van der Waals surface area contributed by atoms with Crippen LogP contribution in [0.3, 0.4) is 0 Å². The summed E-state index contributed by atoms with van der Waals surface area (Å²) in [6, 6.07) is -1.57. The van der Waals surface area contributed by atoms with Gasteiger partial charge in [-0.3, -0.25) is 4.79 Å². The topological polar surface area (TPSA) is 125 Å². The van der Waals surface area contributed by atoms with Crippen LogP contribution in [0.1, 0.15) is 81.6 Å². The van der Waals surface area contributed by atoms with Gasteiger partial charge < -0.3 is 25.6 Å². The van der Waals surface area contributed by atoms with Crippen molar-refractivity contribution in [3.8, 4) is 0 Å². The summed E-state index contributed by atoms with van der Waals surface area (Å²) in [6.45, 7) is 16.6. The minimum absolute atomic E-state index is 0.101. The largest absolute Gasteiger partial charge is 0.480 e. The SMILES string of the molecule is CCC(C)[C@H](NC(=O)[C@@H](C[C@@H](O)[C@H](CC(C)C)NC(=O)OC(C)(C)C)C(C)C)C(=O)O. The van der Waals surface area contributed by atoms with Crippen molar-refractivity contribution in [2.75, 3.05) is 0 Å². The molecule has 0 heterocycles. The number of amides is 2. The first-order valence-electron chi connectivity index (χ1n) is 11.3. The normalized spacial score (nSPS) is 16.9. The van der Waals surface area contributed by atoms with Crippen molar-refractivity contribution in [2.24, 2.45) is 23.7 Å². The predicted octanol–water partition coefficient (Wildman–Crippen LogP) is 3.56. The maximum Gasteiger partial charge on any atom is 0.407 e. The van der Waals surface area contributed by atoms with Crippen molar-refractivity contribution in [1.29, 1.82) is 0 Å². The number of nitrogens with one attached hydrogen (secondary N) is 2. The Kier molecular flexibility index (Phi) is 12.1. The first kappa shape index (κ1) is 29.2. The summed E-state index contributed by atoms with van der Waals surface area (Å²) >= 11 is 0. The maximum atomic E-state index is 12.9. The number of carbonyl (C=O) groups is 3. The Bertz CT molecular complexity index is 585. The molecule has 0 saturated heterocycles. The average Bonchev–Trinajstić information content (AvgIpc) is 2.59. The fourth-order valence-electron chi connectivity index (χ4n) is 3.33. The molecule has 0 fully saturated rings. The summed E-state index contributed by atoms with van der Waals surface area (Å²) < 4.78 is 5.31. The molecule has 5 atom stereocenters. The van der Waals surface area contributed by atoms with Crippen molar-refractivity contribution < 1.29 is 29.3 Å². The van der Waals surface area contributed by atoms with Gasteiger partial charge in [-0.25, -0.2) is 9.59 Å². The number of aliphatic hydroxyl groups excluding tert-OH is 1. The Morgan fingerprint density at radius 3 is 1.90 bits per heavy atom. The van der Waals surface area contributed by atoms with Crippen molar-refractivity contribution >= 4 is 18.0 Å². The summed E-state index contributed by atoms with van der Waals surface area (Å²) in [5, 5.41) is 25.8. The van der Waals surface area contributed by atoms with Gasteiger partial charge in [0, 0.05) is 5.92 Å². The van der Waals surface area contributed by atoms with Gasteiger partial charge >= 0.3 is 12.1 Å². The Hall–Kier alpha value is -1.83. The molecular formula is C23H44N2O6. The first-order valence-corrected chi connectivity index (χ1v) is 11.3. The van der Waals surface area contributed by atoms with Gasteiger partial charge in [0.2, 0.25) is 5.91 Å². The Morgan fingerprint density at radius 2 is 1.52 bits per heavy atom. The lowest BCUT2D eigenvalue weighted by molar-refractivity contribution is -0.144. The van der Waals surface area contributed by atoms with Crippen LogP contribution in [-0.4, -0.2) is 52.0 Å². The Labute approximate surface area is 187 Å². The summed E-state index contributed by atoms with van der Waals surface area (Å²) in [4.78, 5) is 36.7. The van der Waals surface area contributed by atoms with Crippen LogP contribution in [0.15, 0.2) is 0 Å². The number of aliphatic carboxylic acids is 1. The lowest BCUT2D eigenvalue weighted by atomic mass is 9.85. The molecule has 0 aromatic carbocycles. The fourth-order valence-corrected chi connectivity index (χ4v) is 3.33. The van der Waals surface area contributed by atoms with Gasteiger partial charge in [-0.15, -0.1) is 0 Å². The number of carbonyl (C=O) groups excluding carboxylic acids is 2. The monoisotopic (exact) mass is 444 g/mol. The molecule has 0 radical (unpaired) electrons. The van der Waals surface area contributed by atoms with Crippen LogP contribution in [-0.2, 0) is 14.3 Å². The molecule has 1 unspecified atom stereocenters. The molecule has 31 heavy (non-hydrogen) atoms. The zero-order chi connectivity index (χ0) is 24.5. The molecule has 0 aliphatic heterocycles. The quantitative estimate of drug-likeness (QED) is 0.365. The minimum atomic E-state index is -1.07. The van der Waals surface area contributed by atoms with E-state index in [2.05, 4.69) is 10.6 Å². The van der Waals surface area contributed by atoms with Crippen LogP contribution in [0.25, 0.3) is 0 Å². The molecule has 0 rings (SSSR count). The van der Waals surface area contributed by atoms with E-state index in [9.17, 15) is 24.6 Å². The van der Waals surface area contributed by atoms with E-state index in [0.29, 0.717) is 12.8 Å². The molecule has 0 bridgehead atoms. The van der Waals surface area contributed by atoms with Crippen molar-refractivity contribution in [2.45, 2.75) is 105 Å². The second-order valence-corrected chi connectivity index (χ2v) is 10.2. The molecule has 0 spiro atoms. The lowest BCUT2D eigenvalue weighted by Crippen LogP contribution is -2.50. The predicted molar refractivity (Wildman–Crippen MR) is 121 cm³/mol. The molecule has 0 aromatic heterocycles. The number of hydrogen-bond donors (Lipinski definition) is 4. The van der Waals surface area contributed by atoms with E-state index >= 15 is 0 Å². The highest BCUT2D eigenvalue weighted by Crippen LogP contribution is 2.23. The minimum Gasteiger partial charge on any atom is -0.480 e. The van der Waals surface area contributed by atoms with E-state index in [0.717, 1.165) is 0 Å². The van der Waals surface area contributed by atoms with E-state index in [1.807, 2.05) is 34.6 Å². The second-order valence-electron chi connectivity index (χ2n) is 10.2. The summed E-state index contributed by atoms with van der Waals surface area (Å²) in [5.41, 5.74) is -0.667. The van der Waals surface area contributed by atoms with Gasteiger partial charge in [-0.05, 0) is 51.4 Å². The van der Waals surface area contributed by atoms with Crippen molar-refractivity contribution in [3.63, 3.8) is 0 Å². The third-order valence-electron chi connectivity index (χ3n) is 5.31. The molecule has 0 saturated carbocycles. The number of rotatable bonds is 12. The Morgan fingerprint density at radius 1 is 0.968 bits per heavy atom. The number of ether oxygens (including phenoxy) is 1. The number of carboxylic acids is 1. The number of aliphatic hydroxyl groups is 1. The van der Waals surface area contributed by atoms with Crippen LogP contribution < -0.4 is 10.6 Å². The second kappa shape index (κ2) is 12.9. The van der Waals surface area contributed by atoms with Gasteiger partial charge in [-0.1, -0.05) is 48.0 Å². The van der Waals surface area contributed by atoms with Crippen LogP contribution in [0.5, 0.6) is 0 Å². The van der Waals surface area contributed by atoms with Gasteiger partial charge in [0.15, 0.2) is 0 Å². The lowest BCUT2D eigenvalue weighted by Gasteiger charge is -2.31. The maximum absolute atomic E-state index is 12.9. The molecule has 8 nitrogen and oxygen atoms in total. The molecule has 0 aliphatic rings. The van der Waals surface area contributed by atoms with Crippen molar-refractivity contribution in [1.82, 2.24) is 10.6 Å². The fraction of sp³-hybridized carbons (Fsp3) is 0.870. The summed E-state index contributed by atoms with van der Waals surface area (Å²) in [7, 11) is 0. The molecule has 4 N–H and O–H groups in total. The standard InChI is InChI=1S/C23H44N2O6/c1-10-15(6)19(21(28)29)25-20(27)16(14(4)5)12-18(26)17(11-13(2)3)24-22(30)31-23(7,8)9/h13-19,26H,10-12H2,1-9H3,(H,24,30)(H,25,27)(H,28,29)/t15?,16-,17-,18+,19-/m0/s1. The molecular weight excluding hydrogens is 400 g/mol. The summed E-state index contributed by atoms with van der Waals surface area (Å²) in [6.07, 6.45) is -0.380. The van der Waals surface area contributed by atoms with E-state index in [1.165, 1.54) is 0 Å². The first-order chi connectivity index (χ1) is 14.1. The van der Waals surface area contributed by atoms with Gasteiger partial charge in [0.05, 0.1) is 12.1 Å². The molecule has 2 amide bonds. The van der Waals surface area contributed by atoms with Crippen LogP contribution in [0.2, 0.25) is 0 Å². The smallest absolute Gasteiger partial charge is 0.407 e. The van der Waals surface area contributed by atoms with E-state index in [-0.39, 0.29) is 24.2 Å². The van der Waals surface area contributed by atoms with Crippen molar-refractivity contribution in [3.05, 3.63) is 0 Å². The van der Waals surface area contributed by atoms with Crippen LogP contribution in [0.4, 0.5) is 4.79 Å². The number of hydrogen-bond acceptors (Lipinski definition) is 5. The highest BCUT2D eigenvalue weighted by atomic mass is 16.6. The highest BCUT2D eigenvalue weighted by Gasteiger charge is 2.34. The summed E-state index contributed by atoms with van der Waals surface area (Å²) in [5.74, 6) is -2.22. The highest BCUT2D eigenvalue weighted by molar-refractivity contribution is 5.85. The van der Waals surface area contributed by atoms with Crippen LogP contribution in [0, 0.1) is 23.7 Å².